The Morgan fingerprint density at radius 1 is 1.67 bits per heavy atom. The summed E-state index contributed by atoms with van der Waals surface area (Å²) in [5.74, 6) is 0.860. The number of rotatable bonds is 1. The molecule has 0 aliphatic carbocycles. The lowest BCUT2D eigenvalue weighted by atomic mass is 10.2. The molecule has 4 heteroatoms. The van der Waals surface area contributed by atoms with E-state index in [2.05, 4.69) is 10.4 Å². The van der Waals surface area contributed by atoms with Gasteiger partial charge in [0.05, 0.1) is 0 Å². The number of nitrogens with one attached hydrogen (secondary N) is 1. The summed E-state index contributed by atoms with van der Waals surface area (Å²) in [5, 5.41) is 8.74. The molecular weight excluding hydrogens is 154 g/mol. The summed E-state index contributed by atoms with van der Waals surface area (Å²) < 4.78 is 0. The van der Waals surface area contributed by atoms with Crippen LogP contribution in [0.25, 0.3) is 0 Å². The van der Waals surface area contributed by atoms with Gasteiger partial charge in [0, 0.05) is 25.9 Å². The Labute approximate surface area is 72.6 Å². The maximum absolute atomic E-state index is 11.2. The molecule has 4 nitrogen and oxygen atoms in total. The SMILES string of the molecule is CC(C)C(=O)NC1=NN(C)CC1. The van der Waals surface area contributed by atoms with Crippen LogP contribution in [-0.4, -0.2) is 30.3 Å². The molecule has 0 aromatic carbocycles. The van der Waals surface area contributed by atoms with E-state index in [4.69, 9.17) is 0 Å². The molecule has 0 aromatic heterocycles. The molecule has 0 fully saturated rings. The minimum absolute atomic E-state index is 0.0265. The summed E-state index contributed by atoms with van der Waals surface area (Å²) in [5.41, 5.74) is 0. The van der Waals surface area contributed by atoms with Crippen LogP contribution >= 0.6 is 0 Å². The summed E-state index contributed by atoms with van der Waals surface area (Å²) in [6, 6.07) is 0. The van der Waals surface area contributed by atoms with E-state index in [0.29, 0.717) is 0 Å². The second-order valence-electron chi connectivity index (χ2n) is 3.32. The molecule has 0 radical (unpaired) electrons. The van der Waals surface area contributed by atoms with Gasteiger partial charge in [0.25, 0.3) is 0 Å². The summed E-state index contributed by atoms with van der Waals surface area (Å²) in [7, 11) is 1.90. The normalized spacial score (nSPS) is 16.7. The molecule has 1 heterocycles. The molecule has 1 rings (SSSR count). The quantitative estimate of drug-likeness (QED) is 0.618. The molecule has 0 saturated heterocycles. The predicted molar refractivity (Wildman–Crippen MR) is 47.7 cm³/mol. The average molecular weight is 169 g/mol. The van der Waals surface area contributed by atoms with Crippen LogP contribution in [0.15, 0.2) is 5.10 Å². The molecular formula is C8H15N3O. The van der Waals surface area contributed by atoms with Gasteiger partial charge in [-0.15, -0.1) is 0 Å². The van der Waals surface area contributed by atoms with E-state index in [9.17, 15) is 4.79 Å². The Morgan fingerprint density at radius 3 is 2.75 bits per heavy atom. The first-order valence-electron chi connectivity index (χ1n) is 4.19. The first-order chi connectivity index (χ1) is 5.59. The molecule has 0 saturated carbocycles. The van der Waals surface area contributed by atoms with Gasteiger partial charge in [0.15, 0.2) is 0 Å². The number of nitrogens with zero attached hydrogens (tertiary/aromatic N) is 2. The van der Waals surface area contributed by atoms with Crippen LogP contribution in [0.4, 0.5) is 0 Å². The van der Waals surface area contributed by atoms with Crippen molar-refractivity contribution < 1.29 is 4.79 Å². The van der Waals surface area contributed by atoms with Gasteiger partial charge in [-0.25, -0.2) is 0 Å². The number of carbonyl (C=O) groups is 1. The van der Waals surface area contributed by atoms with Gasteiger partial charge < -0.3 is 5.32 Å². The number of amides is 1. The van der Waals surface area contributed by atoms with Crippen LogP contribution in [0.1, 0.15) is 20.3 Å². The van der Waals surface area contributed by atoms with Crippen molar-refractivity contribution >= 4 is 11.7 Å². The Kier molecular flexibility index (Phi) is 2.68. The van der Waals surface area contributed by atoms with Crippen LogP contribution in [0.5, 0.6) is 0 Å². The van der Waals surface area contributed by atoms with Gasteiger partial charge in [-0.05, 0) is 0 Å². The number of carbonyl (C=O) groups excluding carboxylic acids is 1. The molecule has 1 aliphatic rings. The van der Waals surface area contributed by atoms with E-state index in [-0.39, 0.29) is 11.8 Å². The molecule has 0 atom stereocenters. The van der Waals surface area contributed by atoms with Crippen molar-refractivity contribution in [2.45, 2.75) is 20.3 Å². The van der Waals surface area contributed by atoms with E-state index < -0.39 is 0 Å². The van der Waals surface area contributed by atoms with E-state index in [1.807, 2.05) is 25.9 Å². The predicted octanol–water partition coefficient (Wildman–Crippen LogP) is 0.408. The Bertz CT molecular complexity index is 210. The zero-order valence-electron chi connectivity index (χ0n) is 7.79. The molecule has 12 heavy (non-hydrogen) atoms. The Morgan fingerprint density at radius 2 is 2.33 bits per heavy atom. The largest absolute Gasteiger partial charge is 0.312 e. The van der Waals surface area contributed by atoms with Crippen LogP contribution in [0.3, 0.4) is 0 Å². The monoisotopic (exact) mass is 169 g/mol. The topological polar surface area (TPSA) is 44.7 Å². The molecule has 0 bridgehead atoms. The third-order valence-corrected chi connectivity index (χ3v) is 1.76. The van der Waals surface area contributed by atoms with Crippen LogP contribution in [0, 0.1) is 5.92 Å². The lowest BCUT2D eigenvalue weighted by molar-refractivity contribution is -0.122. The van der Waals surface area contributed by atoms with Gasteiger partial charge in [-0.2, -0.15) is 5.10 Å². The van der Waals surface area contributed by atoms with Crippen molar-refractivity contribution in [2.75, 3.05) is 13.6 Å². The first-order valence-corrected chi connectivity index (χ1v) is 4.19. The Balaban J connectivity index is 2.42. The lowest BCUT2D eigenvalue weighted by Gasteiger charge is -2.05. The smallest absolute Gasteiger partial charge is 0.227 e. The third-order valence-electron chi connectivity index (χ3n) is 1.76. The van der Waals surface area contributed by atoms with E-state index in [1.165, 1.54) is 0 Å². The number of hydrogen-bond donors (Lipinski definition) is 1. The lowest BCUT2D eigenvalue weighted by Crippen LogP contribution is -2.32. The minimum Gasteiger partial charge on any atom is -0.312 e. The summed E-state index contributed by atoms with van der Waals surface area (Å²) in [6.45, 7) is 4.64. The summed E-state index contributed by atoms with van der Waals surface area (Å²) >= 11 is 0. The molecule has 1 amide bonds. The highest BCUT2D eigenvalue weighted by molar-refractivity contribution is 5.99. The molecule has 0 spiro atoms. The summed E-state index contributed by atoms with van der Waals surface area (Å²) in [4.78, 5) is 11.2. The van der Waals surface area contributed by atoms with Crippen molar-refractivity contribution in [1.82, 2.24) is 10.3 Å². The standard InChI is InChI=1S/C8H15N3O/c1-6(2)8(12)9-7-4-5-11(3)10-7/h6H,4-5H2,1-3H3,(H,9,10,12). The van der Waals surface area contributed by atoms with Gasteiger partial charge >= 0.3 is 0 Å². The highest BCUT2D eigenvalue weighted by Gasteiger charge is 2.14. The molecule has 0 unspecified atom stereocenters. The van der Waals surface area contributed by atoms with E-state index >= 15 is 0 Å². The molecule has 1 N–H and O–H groups in total. The van der Waals surface area contributed by atoms with Crippen molar-refractivity contribution in [3.05, 3.63) is 0 Å². The maximum Gasteiger partial charge on any atom is 0.227 e. The number of hydrazone groups is 1. The third kappa shape index (κ3) is 2.22. The fraction of sp³-hybridized carbons (Fsp3) is 0.750. The Hall–Kier alpha value is -1.06. The second kappa shape index (κ2) is 3.56. The fourth-order valence-corrected chi connectivity index (χ4v) is 0.948. The average Bonchev–Trinajstić information content (AvgIpc) is 2.35. The van der Waals surface area contributed by atoms with Crippen molar-refractivity contribution in [3.8, 4) is 0 Å². The zero-order chi connectivity index (χ0) is 9.14. The van der Waals surface area contributed by atoms with Crippen molar-refractivity contribution in [3.63, 3.8) is 0 Å². The van der Waals surface area contributed by atoms with Gasteiger partial charge in [-0.1, -0.05) is 13.8 Å². The highest BCUT2D eigenvalue weighted by atomic mass is 16.1. The number of amidine groups is 1. The van der Waals surface area contributed by atoms with Crippen molar-refractivity contribution in [1.29, 1.82) is 0 Å². The molecule has 68 valence electrons. The van der Waals surface area contributed by atoms with E-state index in [1.54, 1.807) is 0 Å². The van der Waals surface area contributed by atoms with Gasteiger partial charge in [-0.3, -0.25) is 9.80 Å². The second-order valence-corrected chi connectivity index (χ2v) is 3.32. The molecule has 1 aliphatic heterocycles. The maximum atomic E-state index is 11.2. The van der Waals surface area contributed by atoms with Crippen LogP contribution < -0.4 is 5.32 Å². The number of hydrogen-bond acceptors (Lipinski definition) is 3. The fourth-order valence-electron chi connectivity index (χ4n) is 0.948. The van der Waals surface area contributed by atoms with Crippen LogP contribution in [-0.2, 0) is 4.79 Å². The van der Waals surface area contributed by atoms with Crippen LogP contribution in [0.2, 0.25) is 0 Å². The summed E-state index contributed by atoms with van der Waals surface area (Å²) in [6.07, 6.45) is 0.842. The molecule has 0 aromatic rings. The first kappa shape index (κ1) is 9.03. The minimum atomic E-state index is 0.0265. The van der Waals surface area contributed by atoms with Crippen molar-refractivity contribution in [2.24, 2.45) is 11.0 Å². The van der Waals surface area contributed by atoms with Gasteiger partial charge in [0.1, 0.15) is 5.84 Å². The van der Waals surface area contributed by atoms with Gasteiger partial charge in [0.2, 0.25) is 5.91 Å². The highest BCUT2D eigenvalue weighted by Crippen LogP contribution is 2.01. The zero-order valence-corrected chi connectivity index (χ0v) is 7.79. The van der Waals surface area contributed by atoms with E-state index in [0.717, 1.165) is 18.8 Å².